The van der Waals surface area contributed by atoms with Gasteiger partial charge in [-0.25, -0.2) is 8.42 Å². The van der Waals surface area contributed by atoms with Crippen LogP contribution in [-0.2, 0) is 10.0 Å². The monoisotopic (exact) mass is 444 g/mol. The Morgan fingerprint density at radius 3 is 2.43 bits per heavy atom. The molecule has 0 radical (unpaired) electrons. The van der Waals surface area contributed by atoms with Crippen molar-refractivity contribution < 1.29 is 17.9 Å². The number of hydrogen-bond acceptors (Lipinski definition) is 4. The number of ether oxygens (including phenoxy) is 1. The van der Waals surface area contributed by atoms with Crippen LogP contribution >= 0.6 is 11.6 Å². The Morgan fingerprint density at radius 1 is 1.00 bits per heavy atom. The highest BCUT2D eigenvalue weighted by Gasteiger charge is 2.20. The van der Waals surface area contributed by atoms with Gasteiger partial charge in [-0.15, -0.1) is 0 Å². The molecule has 0 aliphatic heterocycles. The molecule has 1 amide bonds. The fourth-order valence-corrected chi connectivity index (χ4v) is 4.30. The number of rotatable bonds is 8. The molecule has 0 atom stereocenters. The third kappa shape index (κ3) is 5.52. The number of carbonyl (C=O) groups is 1. The highest BCUT2D eigenvalue weighted by atomic mass is 35.5. The Kier molecular flexibility index (Phi) is 6.97. The number of benzene rings is 3. The molecule has 2 N–H and O–H groups in total. The van der Waals surface area contributed by atoms with Crippen LogP contribution in [0.5, 0.6) is 5.75 Å². The minimum absolute atomic E-state index is 0.0258. The maximum atomic E-state index is 12.7. The Morgan fingerprint density at radius 2 is 1.70 bits per heavy atom. The van der Waals surface area contributed by atoms with Crippen molar-refractivity contribution >= 4 is 33.2 Å². The van der Waals surface area contributed by atoms with E-state index in [-0.39, 0.29) is 28.6 Å². The van der Waals surface area contributed by atoms with Crippen molar-refractivity contribution in [2.45, 2.75) is 11.8 Å². The minimum Gasteiger partial charge on any atom is -0.491 e. The van der Waals surface area contributed by atoms with Crippen molar-refractivity contribution in [1.29, 1.82) is 0 Å². The highest BCUT2D eigenvalue weighted by Crippen LogP contribution is 2.25. The van der Waals surface area contributed by atoms with Crippen molar-refractivity contribution in [2.24, 2.45) is 0 Å². The molecule has 0 fully saturated rings. The summed E-state index contributed by atoms with van der Waals surface area (Å²) in [7, 11) is -3.95. The van der Waals surface area contributed by atoms with Crippen LogP contribution < -0.4 is 14.8 Å². The summed E-state index contributed by atoms with van der Waals surface area (Å²) >= 11 is 6.09. The van der Waals surface area contributed by atoms with Crippen LogP contribution in [0, 0.1) is 6.92 Å². The molecule has 6 nitrogen and oxygen atoms in total. The van der Waals surface area contributed by atoms with Gasteiger partial charge >= 0.3 is 0 Å². The molecule has 156 valence electrons. The van der Waals surface area contributed by atoms with Crippen molar-refractivity contribution in [1.82, 2.24) is 5.32 Å². The third-order valence-corrected chi connectivity index (χ3v) is 6.11. The average Bonchev–Trinajstić information content (AvgIpc) is 2.73. The smallest absolute Gasteiger partial charge is 0.263 e. The minimum atomic E-state index is -3.95. The first-order chi connectivity index (χ1) is 14.4. The number of nitrogens with one attached hydrogen (secondary N) is 2. The zero-order chi connectivity index (χ0) is 21.6. The summed E-state index contributed by atoms with van der Waals surface area (Å²) in [4.78, 5) is 12.3. The van der Waals surface area contributed by atoms with E-state index in [1.54, 1.807) is 30.3 Å². The number of halogens is 1. The van der Waals surface area contributed by atoms with Crippen molar-refractivity contribution in [3.8, 4) is 5.75 Å². The molecule has 0 heterocycles. The van der Waals surface area contributed by atoms with E-state index < -0.39 is 15.9 Å². The van der Waals surface area contributed by atoms with Crippen LogP contribution in [0.3, 0.4) is 0 Å². The van der Waals surface area contributed by atoms with E-state index in [1.165, 1.54) is 18.2 Å². The Hall–Kier alpha value is -3.03. The van der Waals surface area contributed by atoms with Crippen LogP contribution in [0.25, 0.3) is 0 Å². The molecule has 3 aromatic rings. The van der Waals surface area contributed by atoms with Gasteiger partial charge in [0.1, 0.15) is 17.3 Å². The normalized spacial score (nSPS) is 11.0. The fourth-order valence-electron chi connectivity index (χ4n) is 2.71. The van der Waals surface area contributed by atoms with Gasteiger partial charge in [0.05, 0.1) is 11.6 Å². The molecule has 0 bridgehead atoms. The summed E-state index contributed by atoms with van der Waals surface area (Å²) < 4.78 is 33.5. The van der Waals surface area contributed by atoms with Crippen LogP contribution in [0.15, 0.2) is 77.7 Å². The Balaban J connectivity index is 1.65. The third-order valence-electron chi connectivity index (χ3n) is 4.25. The summed E-state index contributed by atoms with van der Waals surface area (Å²) in [5.74, 6) is 0.329. The van der Waals surface area contributed by atoms with E-state index in [2.05, 4.69) is 10.0 Å². The molecular formula is C22H21ClN2O4S. The number of para-hydroxylation sites is 2. The van der Waals surface area contributed by atoms with E-state index in [0.717, 1.165) is 11.3 Å². The highest BCUT2D eigenvalue weighted by molar-refractivity contribution is 7.92. The fraction of sp³-hybridized carbons (Fsp3) is 0.136. The van der Waals surface area contributed by atoms with Crippen LogP contribution in [0.1, 0.15) is 15.9 Å². The van der Waals surface area contributed by atoms with Gasteiger partial charge in [-0.2, -0.15) is 0 Å². The largest absolute Gasteiger partial charge is 0.491 e. The molecule has 0 saturated carbocycles. The molecule has 0 aliphatic rings. The summed E-state index contributed by atoms with van der Waals surface area (Å²) in [6.07, 6.45) is 0. The van der Waals surface area contributed by atoms with E-state index >= 15 is 0 Å². The van der Waals surface area contributed by atoms with Gasteiger partial charge in [0.15, 0.2) is 0 Å². The first-order valence-electron chi connectivity index (χ1n) is 9.21. The molecule has 3 rings (SSSR count). The molecule has 3 aromatic carbocycles. The van der Waals surface area contributed by atoms with Gasteiger partial charge in [-0.1, -0.05) is 48.0 Å². The van der Waals surface area contributed by atoms with Crippen molar-refractivity contribution in [3.05, 3.63) is 88.9 Å². The quantitative estimate of drug-likeness (QED) is 0.508. The molecule has 0 saturated heterocycles. The standard InChI is InChI=1S/C22H21ClN2O4S/c1-16-7-5-6-10-20(16)29-14-13-24-22(26)17-11-12-19(23)21(15-17)30(27,28)25-18-8-3-2-4-9-18/h2-12,15,25H,13-14H2,1H3,(H,24,26). The lowest BCUT2D eigenvalue weighted by Gasteiger charge is -2.12. The van der Waals surface area contributed by atoms with Crippen molar-refractivity contribution in [2.75, 3.05) is 17.9 Å². The lowest BCUT2D eigenvalue weighted by Crippen LogP contribution is -2.28. The number of carbonyl (C=O) groups excluding carboxylic acids is 1. The molecule has 30 heavy (non-hydrogen) atoms. The van der Waals surface area contributed by atoms with Gasteiger partial charge in [0, 0.05) is 11.3 Å². The van der Waals surface area contributed by atoms with Crippen LogP contribution in [0.2, 0.25) is 5.02 Å². The summed E-state index contributed by atoms with van der Waals surface area (Å²) in [5, 5.41) is 2.74. The predicted octanol–water partition coefficient (Wildman–Crippen LogP) is 4.26. The first kappa shape index (κ1) is 21.7. The van der Waals surface area contributed by atoms with E-state index in [4.69, 9.17) is 16.3 Å². The maximum Gasteiger partial charge on any atom is 0.263 e. The van der Waals surface area contributed by atoms with Gasteiger partial charge in [-0.3, -0.25) is 9.52 Å². The SMILES string of the molecule is Cc1ccccc1OCCNC(=O)c1ccc(Cl)c(S(=O)(=O)Nc2ccccc2)c1. The van der Waals surface area contributed by atoms with E-state index in [9.17, 15) is 13.2 Å². The summed E-state index contributed by atoms with van der Waals surface area (Å²) in [6, 6.07) is 20.1. The van der Waals surface area contributed by atoms with E-state index in [1.807, 2.05) is 31.2 Å². The Labute approximate surface area is 180 Å². The zero-order valence-electron chi connectivity index (χ0n) is 16.3. The van der Waals surface area contributed by atoms with Gasteiger partial charge in [0.2, 0.25) is 0 Å². The molecule has 8 heteroatoms. The molecular weight excluding hydrogens is 424 g/mol. The Bertz CT molecular complexity index is 1130. The van der Waals surface area contributed by atoms with Gasteiger partial charge in [0.25, 0.3) is 15.9 Å². The lowest BCUT2D eigenvalue weighted by molar-refractivity contribution is 0.0946. The predicted molar refractivity (Wildman–Crippen MR) is 118 cm³/mol. The van der Waals surface area contributed by atoms with Crippen molar-refractivity contribution in [3.63, 3.8) is 0 Å². The number of hydrogen-bond donors (Lipinski definition) is 2. The first-order valence-corrected chi connectivity index (χ1v) is 11.1. The summed E-state index contributed by atoms with van der Waals surface area (Å²) in [5.41, 5.74) is 1.59. The topological polar surface area (TPSA) is 84.5 Å². The number of amides is 1. The van der Waals surface area contributed by atoms with Crippen LogP contribution in [0.4, 0.5) is 5.69 Å². The molecule has 0 aliphatic carbocycles. The molecule has 0 spiro atoms. The number of sulfonamides is 1. The van der Waals surface area contributed by atoms with Gasteiger partial charge in [-0.05, 0) is 48.9 Å². The van der Waals surface area contributed by atoms with Crippen LogP contribution in [-0.4, -0.2) is 27.5 Å². The van der Waals surface area contributed by atoms with Gasteiger partial charge < -0.3 is 10.1 Å². The maximum absolute atomic E-state index is 12.7. The number of aryl methyl sites for hydroxylation is 1. The second-order valence-corrected chi connectivity index (χ2v) is 8.54. The second-order valence-electron chi connectivity index (χ2n) is 6.49. The summed E-state index contributed by atoms with van der Waals surface area (Å²) in [6.45, 7) is 2.48. The second kappa shape index (κ2) is 9.65. The zero-order valence-corrected chi connectivity index (χ0v) is 17.8. The number of anilines is 1. The van der Waals surface area contributed by atoms with E-state index in [0.29, 0.717) is 5.69 Å². The lowest BCUT2D eigenvalue weighted by atomic mass is 10.2. The molecule has 0 unspecified atom stereocenters. The average molecular weight is 445 g/mol. The molecule has 0 aromatic heterocycles.